The van der Waals surface area contributed by atoms with Crippen molar-refractivity contribution in [3.63, 3.8) is 0 Å². The van der Waals surface area contributed by atoms with Crippen molar-refractivity contribution in [2.45, 2.75) is 13.0 Å². The summed E-state index contributed by atoms with van der Waals surface area (Å²) in [5.41, 5.74) is 2.44. The van der Waals surface area contributed by atoms with Crippen molar-refractivity contribution in [2.75, 3.05) is 0 Å². The molecule has 0 radical (unpaired) electrons. The van der Waals surface area contributed by atoms with E-state index in [1.54, 1.807) is 0 Å². The maximum Gasteiger partial charge on any atom is 0.0727 e. The van der Waals surface area contributed by atoms with E-state index >= 15 is 0 Å². The molecular weight excluding hydrogens is 417 g/mol. The van der Waals surface area contributed by atoms with Crippen molar-refractivity contribution in [1.29, 1.82) is 0 Å². The van der Waals surface area contributed by atoms with Gasteiger partial charge in [-0.1, -0.05) is 127 Å². The number of hydrogen-bond donors (Lipinski definition) is 0. The second kappa shape index (κ2) is 9.94. The van der Waals surface area contributed by atoms with Crippen LogP contribution in [0.25, 0.3) is 10.8 Å². The summed E-state index contributed by atoms with van der Waals surface area (Å²) in [4.78, 5) is 5.03. The second-order valence-electron chi connectivity index (χ2n) is 8.09. The number of rotatable bonds is 6. The minimum Gasteiger partial charge on any atom is -0.285 e. The lowest BCUT2D eigenvalue weighted by atomic mass is 10.00. The molecule has 0 aliphatic heterocycles. The van der Waals surface area contributed by atoms with E-state index in [4.69, 9.17) is 4.99 Å². The van der Waals surface area contributed by atoms with Crippen LogP contribution in [0.4, 0.5) is 0 Å². The van der Waals surface area contributed by atoms with Gasteiger partial charge in [-0.15, -0.1) is 0 Å². The number of hydrogen-bond acceptors (Lipinski definition) is 1. The van der Waals surface area contributed by atoms with Crippen LogP contribution in [0.5, 0.6) is 0 Å². The summed E-state index contributed by atoms with van der Waals surface area (Å²) in [6.07, 6.45) is 2.07. The predicted molar refractivity (Wildman–Crippen MR) is 145 cm³/mol. The zero-order chi connectivity index (χ0) is 22.5. The molecule has 0 saturated heterocycles. The molecule has 5 aromatic rings. The van der Waals surface area contributed by atoms with Crippen LogP contribution in [-0.2, 0) is 0 Å². The van der Waals surface area contributed by atoms with E-state index in [2.05, 4.69) is 141 Å². The van der Waals surface area contributed by atoms with Gasteiger partial charge in [0.25, 0.3) is 0 Å². The molecule has 33 heavy (non-hydrogen) atoms. The van der Waals surface area contributed by atoms with Crippen molar-refractivity contribution in [3.05, 3.63) is 139 Å². The van der Waals surface area contributed by atoms with Gasteiger partial charge in [-0.25, -0.2) is 0 Å². The SMILES string of the molecule is C[C@@H](N=Cc1ccccc1P(c1ccccc1)c1ccccc1)c1cccc2ccccc12. The molecule has 5 rings (SSSR count). The Labute approximate surface area is 197 Å². The van der Waals surface area contributed by atoms with Crippen molar-refractivity contribution in [1.82, 2.24) is 0 Å². The molecule has 0 amide bonds. The average Bonchev–Trinajstić information content (AvgIpc) is 2.89. The van der Waals surface area contributed by atoms with E-state index in [0.717, 1.165) is 0 Å². The summed E-state index contributed by atoms with van der Waals surface area (Å²) in [6.45, 7) is 2.18. The Hall–Kier alpha value is -3.54. The summed E-state index contributed by atoms with van der Waals surface area (Å²) in [5.74, 6) is 0. The topological polar surface area (TPSA) is 12.4 Å². The summed E-state index contributed by atoms with van der Waals surface area (Å²) in [7, 11) is -0.671. The Balaban J connectivity index is 1.55. The first kappa shape index (κ1) is 21.3. The molecule has 0 aromatic heterocycles. The number of fused-ring (bicyclic) bond motifs is 1. The molecule has 0 saturated carbocycles. The molecule has 0 fully saturated rings. The second-order valence-corrected chi connectivity index (χ2v) is 10.3. The van der Waals surface area contributed by atoms with Gasteiger partial charge in [-0.2, -0.15) is 0 Å². The molecule has 0 spiro atoms. The summed E-state index contributed by atoms with van der Waals surface area (Å²) >= 11 is 0. The van der Waals surface area contributed by atoms with E-state index in [1.807, 2.05) is 0 Å². The van der Waals surface area contributed by atoms with Crippen LogP contribution in [0, 0.1) is 0 Å². The molecule has 0 heterocycles. The Morgan fingerprint density at radius 3 is 1.91 bits per heavy atom. The highest BCUT2D eigenvalue weighted by molar-refractivity contribution is 7.80. The predicted octanol–water partition coefficient (Wildman–Crippen LogP) is 6.78. The number of nitrogens with zero attached hydrogens (tertiary/aromatic N) is 1. The Morgan fingerprint density at radius 1 is 0.606 bits per heavy atom. The van der Waals surface area contributed by atoms with Crippen LogP contribution < -0.4 is 15.9 Å². The zero-order valence-electron chi connectivity index (χ0n) is 18.7. The van der Waals surface area contributed by atoms with E-state index in [0.29, 0.717) is 0 Å². The smallest absolute Gasteiger partial charge is 0.0727 e. The zero-order valence-corrected chi connectivity index (χ0v) is 19.6. The van der Waals surface area contributed by atoms with Gasteiger partial charge in [0.1, 0.15) is 0 Å². The van der Waals surface area contributed by atoms with Crippen LogP contribution in [-0.4, -0.2) is 6.21 Å². The maximum atomic E-state index is 5.03. The highest BCUT2D eigenvalue weighted by Crippen LogP contribution is 2.34. The average molecular weight is 444 g/mol. The fourth-order valence-corrected chi connectivity index (χ4v) is 6.69. The van der Waals surface area contributed by atoms with Crippen molar-refractivity contribution >= 4 is 40.8 Å². The number of aliphatic imine (C=N–C) groups is 1. The third-order valence-electron chi connectivity index (χ3n) is 5.92. The van der Waals surface area contributed by atoms with Gasteiger partial charge in [0, 0.05) is 11.8 Å². The fourth-order valence-electron chi connectivity index (χ4n) is 4.27. The first-order valence-corrected chi connectivity index (χ1v) is 12.7. The summed E-state index contributed by atoms with van der Waals surface area (Å²) in [6, 6.07) is 45.5. The van der Waals surface area contributed by atoms with Crippen LogP contribution in [0.2, 0.25) is 0 Å². The van der Waals surface area contributed by atoms with E-state index < -0.39 is 7.92 Å². The minimum absolute atomic E-state index is 0.0730. The van der Waals surface area contributed by atoms with Crippen LogP contribution >= 0.6 is 7.92 Å². The summed E-state index contributed by atoms with van der Waals surface area (Å²) < 4.78 is 0. The van der Waals surface area contributed by atoms with Gasteiger partial charge >= 0.3 is 0 Å². The fraction of sp³-hybridized carbons (Fsp3) is 0.0645. The van der Waals surface area contributed by atoms with Gasteiger partial charge in [-0.05, 0) is 47.1 Å². The van der Waals surface area contributed by atoms with Gasteiger partial charge in [-0.3, -0.25) is 4.99 Å². The number of benzene rings is 5. The minimum atomic E-state index is -0.671. The van der Waals surface area contributed by atoms with Gasteiger partial charge in [0.15, 0.2) is 0 Å². The molecule has 0 unspecified atom stereocenters. The highest BCUT2D eigenvalue weighted by Gasteiger charge is 2.18. The maximum absolute atomic E-state index is 5.03. The molecule has 1 atom stereocenters. The monoisotopic (exact) mass is 443 g/mol. The highest BCUT2D eigenvalue weighted by atomic mass is 31.1. The van der Waals surface area contributed by atoms with Crippen molar-refractivity contribution in [2.24, 2.45) is 4.99 Å². The van der Waals surface area contributed by atoms with Crippen LogP contribution in [0.15, 0.2) is 132 Å². The molecular formula is C31H26NP. The van der Waals surface area contributed by atoms with E-state index in [1.165, 1.54) is 37.8 Å². The van der Waals surface area contributed by atoms with Gasteiger partial charge < -0.3 is 0 Å². The van der Waals surface area contributed by atoms with E-state index in [9.17, 15) is 0 Å². The lowest BCUT2D eigenvalue weighted by Crippen LogP contribution is -2.23. The largest absolute Gasteiger partial charge is 0.285 e. The quantitative estimate of drug-likeness (QED) is 0.203. The lowest BCUT2D eigenvalue weighted by Gasteiger charge is -2.21. The molecule has 0 bridgehead atoms. The first-order chi connectivity index (χ1) is 16.3. The van der Waals surface area contributed by atoms with Gasteiger partial charge in [0.05, 0.1) is 6.04 Å². The van der Waals surface area contributed by atoms with Crippen LogP contribution in [0.3, 0.4) is 0 Å². The third-order valence-corrected chi connectivity index (χ3v) is 8.44. The third kappa shape index (κ3) is 4.65. The van der Waals surface area contributed by atoms with Crippen molar-refractivity contribution < 1.29 is 0 Å². The normalized spacial score (nSPS) is 12.4. The van der Waals surface area contributed by atoms with Crippen molar-refractivity contribution in [3.8, 4) is 0 Å². The Bertz CT molecular complexity index is 1330. The molecule has 5 aromatic carbocycles. The Kier molecular flexibility index (Phi) is 6.42. The summed E-state index contributed by atoms with van der Waals surface area (Å²) in [5, 5.41) is 6.56. The molecule has 0 aliphatic carbocycles. The van der Waals surface area contributed by atoms with Gasteiger partial charge in [0.2, 0.25) is 0 Å². The molecule has 0 aliphatic rings. The van der Waals surface area contributed by atoms with E-state index in [-0.39, 0.29) is 6.04 Å². The first-order valence-electron chi connectivity index (χ1n) is 11.3. The standard InChI is InChI=1S/C31H26NP/c1-24(29-21-12-15-25-13-8-10-20-30(25)29)32-23-26-14-9-11-22-31(26)33(27-16-4-2-5-17-27)28-18-6-3-7-19-28/h2-24H,1H3/t24-/m1/s1. The molecule has 160 valence electrons. The molecule has 2 heteroatoms. The molecule has 0 N–H and O–H groups in total. The lowest BCUT2D eigenvalue weighted by molar-refractivity contribution is 0.834. The van der Waals surface area contributed by atoms with Crippen LogP contribution in [0.1, 0.15) is 24.1 Å². The Morgan fingerprint density at radius 2 is 1.18 bits per heavy atom. The molecule has 1 nitrogen and oxygen atoms in total.